The Morgan fingerprint density at radius 3 is 2.00 bits per heavy atom. The van der Waals surface area contributed by atoms with Crippen LogP contribution in [0.5, 0.6) is 0 Å². The molecule has 2 nitrogen and oxygen atoms in total. The molecule has 0 bridgehead atoms. The first-order valence-electron chi connectivity index (χ1n) is 7.97. The monoisotopic (exact) mass is 290 g/mol. The molecule has 1 rings (SSSR count). The highest BCUT2D eigenvalue weighted by molar-refractivity contribution is 4.88. The molecule has 1 aliphatic heterocycles. The van der Waals surface area contributed by atoms with Crippen LogP contribution in [0.1, 0.15) is 47.5 Å². The second-order valence-electron chi connectivity index (χ2n) is 7.06. The molecule has 0 aliphatic carbocycles. The van der Waals surface area contributed by atoms with E-state index in [9.17, 15) is 8.78 Å². The molecular formula is C16H32F2N2. The molecule has 1 unspecified atom stereocenters. The lowest BCUT2D eigenvalue weighted by Crippen LogP contribution is -2.54. The summed E-state index contributed by atoms with van der Waals surface area (Å²) in [6.07, 6.45) is 2.11. The molecule has 0 saturated carbocycles. The molecule has 1 saturated heterocycles. The Hall–Kier alpha value is -0.220. The maximum absolute atomic E-state index is 14.4. The van der Waals surface area contributed by atoms with Gasteiger partial charge in [0.05, 0.1) is 12.6 Å². The minimum Gasteiger partial charge on any atom is -0.298 e. The summed E-state index contributed by atoms with van der Waals surface area (Å²) in [6, 6.07) is -0.517. The van der Waals surface area contributed by atoms with E-state index < -0.39 is 12.0 Å². The highest BCUT2D eigenvalue weighted by atomic mass is 19.3. The van der Waals surface area contributed by atoms with Gasteiger partial charge in [-0.2, -0.15) is 0 Å². The molecule has 1 heterocycles. The summed E-state index contributed by atoms with van der Waals surface area (Å²) in [6.45, 7) is 11.5. The maximum atomic E-state index is 14.4. The van der Waals surface area contributed by atoms with Crippen LogP contribution in [0, 0.1) is 11.8 Å². The molecule has 1 fully saturated rings. The predicted molar refractivity (Wildman–Crippen MR) is 81.3 cm³/mol. The SMILES string of the molecule is CC(C)C1CCN(C(C)C(F)(F)CN(C)C(C)C)CC1. The smallest absolute Gasteiger partial charge is 0.275 e. The first-order chi connectivity index (χ1) is 9.15. The van der Waals surface area contributed by atoms with Crippen molar-refractivity contribution in [1.29, 1.82) is 0 Å². The van der Waals surface area contributed by atoms with Gasteiger partial charge in [0.15, 0.2) is 0 Å². The summed E-state index contributed by atoms with van der Waals surface area (Å²) >= 11 is 0. The number of likely N-dealkylation sites (tertiary alicyclic amines) is 1. The van der Waals surface area contributed by atoms with Crippen molar-refractivity contribution in [2.75, 3.05) is 26.7 Å². The van der Waals surface area contributed by atoms with Crippen molar-refractivity contribution >= 4 is 0 Å². The van der Waals surface area contributed by atoms with Crippen molar-refractivity contribution in [1.82, 2.24) is 9.80 Å². The summed E-state index contributed by atoms with van der Waals surface area (Å²) in [5.41, 5.74) is 0. The molecule has 0 spiro atoms. The molecule has 0 amide bonds. The number of halogens is 2. The molecule has 0 aromatic carbocycles. The largest absolute Gasteiger partial charge is 0.298 e. The number of rotatable bonds is 6. The van der Waals surface area contributed by atoms with Gasteiger partial charge in [-0.1, -0.05) is 13.8 Å². The standard InChI is InChI=1S/C16H32F2N2/c1-12(2)15-7-9-20(10-8-15)14(5)16(17,18)11-19(6)13(3)4/h12-15H,7-11H2,1-6H3. The van der Waals surface area contributed by atoms with E-state index in [0.717, 1.165) is 25.9 Å². The summed E-state index contributed by atoms with van der Waals surface area (Å²) < 4.78 is 28.8. The molecule has 1 aliphatic rings. The Bertz CT molecular complexity index is 284. The van der Waals surface area contributed by atoms with Gasteiger partial charge in [0, 0.05) is 6.04 Å². The minimum absolute atomic E-state index is 0.153. The van der Waals surface area contributed by atoms with E-state index in [1.807, 2.05) is 18.7 Å². The second kappa shape index (κ2) is 7.17. The second-order valence-corrected chi connectivity index (χ2v) is 7.06. The average Bonchev–Trinajstić information content (AvgIpc) is 2.37. The molecule has 4 heteroatoms. The van der Waals surface area contributed by atoms with E-state index in [-0.39, 0.29) is 12.6 Å². The molecular weight excluding hydrogens is 258 g/mol. The third kappa shape index (κ3) is 4.66. The van der Waals surface area contributed by atoms with Crippen molar-refractivity contribution < 1.29 is 8.78 Å². The lowest BCUT2D eigenvalue weighted by atomic mass is 9.86. The van der Waals surface area contributed by atoms with Gasteiger partial charge in [-0.3, -0.25) is 9.80 Å². The third-order valence-electron chi connectivity index (χ3n) is 5.02. The van der Waals surface area contributed by atoms with Crippen LogP contribution in [0.4, 0.5) is 8.78 Å². The van der Waals surface area contributed by atoms with Gasteiger partial charge in [-0.05, 0) is 65.6 Å². The van der Waals surface area contributed by atoms with Gasteiger partial charge in [0.2, 0.25) is 0 Å². The van der Waals surface area contributed by atoms with Gasteiger partial charge in [-0.15, -0.1) is 0 Å². The van der Waals surface area contributed by atoms with Gasteiger partial charge >= 0.3 is 0 Å². The number of nitrogens with zero attached hydrogens (tertiary/aromatic N) is 2. The van der Waals surface area contributed by atoms with Crippen molar-refractivity contribution in [2.45, 2.75) is 65.5 Å². The highest BCUT2D eigenvalue weighted by Gasteiger charge is 2.42. The maximum Gasteiger partial charge on any atom is 0.275 e. The van der Waals surface area contributed by atoms with Crippen molar-refractivity contribution in [2.24, 2.45) is 11.8 Å². The molecule has 0 aromatic heterocycles. The van der Waals surface area contributed by atoms with Crippen LogP contribution in [0.15, 0.2) is 0 Å². The lowest BCUT2D eigenvalue weighted by Gasteiger charge is -2.41. The molecule has 1 atom stereocenters. The van der Waals surface area contributed by atoms with E-state index in [1.165, 1.54) is 0 Å². The van der Waals surface area contributed by atoms with Gasteiger partial charge in [0.1, 0.15) is 0 Å². The van der Waals surface area contributed by atoms with Gasteiger partial charge in [-0.25, -0.2) is 8.78 Å². The van der Waals surface area contributed by atoms with E-state index in [0.29, 0.717) is 11.8 Å². The van der Waals surface area contributed by atoms with E-state index >= 15 is 0 Å². The Balaban J connectivity index is 2.54. The van der Waals surface area contributed by atoms with Crippen LogP contribution in [-0.4, -0.2) is 54.5 Å². The fourth-order valence-electron chi connectivity index (χ4n) is 2.89. The van der Waals surface area contributed by atoms with Gasteiger partial charge in [0.25, 0.3) is 5.92 Å². The summed E-state index contributed by atoms with van der Waals surface area (Å²) in [4.78, 5) is 3.71. The van der Waals surface area contributed by atoms with Crippen LogP contribution in [0.25, 0.3) is 0 Å². The topological polar surface area (TPSA) is 6.48 Å². The predicted octanol–water partition coefficient (Wildman–Crippen LogP) is 3.72. The number of piperidine rings is 1. The molecule has 20 heavy (non-hydrogen) atoms. The summed E-state index contributed by atoms with van der Waals surface area (Å²) in [7, 11) is 1.77. The zero-order valence-corrected chi connectivity index (χ0v) is 14.0. The molecule has 0 radical (unpaired) electrons. The molecule has 0 N–H and O–H groups in total. The number of hydrogen-bond acceptors (Lipinski definition) is 2. The summed E-state index contributed by atoms with van der Waals surface area (Å²) in [5.74, 6) is -1.28. The normalized spacial score (nSPS) is 21.1. The number of alkyl halides is 2. The van der Waals surface area contributed by atoms with Crippen molar-refractivity contribution in [3.63, 3.8) is 0 Å². The van der Waals surface area contributed by atoms with Gasteiger partial charge < -0.3 is 0 Å². The van der Waals surface area contributed by atoms with Crippen molar-refractivity contribution in [3.8, 4) is 0 Å². The zero-order valence-electron chi connectivity index (χ0n) is 14.0. The highest BCUT2D eigenvalue weighted by Crippen LogP contribution is 2.30. The fraction of sp³-hybridized carbons (Fsp3) is 1.00. The Morgan fingerprint density at radius 1 is 1.10 bits per heavy atom. The zero-order chi connectivity index (χ0) is 15.5. The van der Waals surface area contributed by atoms with Crippen LogP contribution in [-0.2, 0) is 0 Å². The van der Waals surface area contributed by atoms with E-state index in [2.05, 4.69) is 13.8 Å². The minimum atomic E-state index is -2.65. The van der Waals surface area contributed by atoms with Crippen LogP contribution >= 0.6 is 0 Å². The molecule has 0 aromatic rings. The molecule has 120 valence electrons. The Kier molecular flexibility index (Phi) is 6.39. The first-order valence-corrected chi connectivity index (χ1v) is 7.97. The summed E-state index contributed by atoms with van der Waals surface area (Å²) in [5, 5.41) is 0. The van der Waals surface area contributed by atoms with Crippen LogP contribution in [0.2, 0.25) is 0 Å². The fourth-order valence-corrected chi connectivity index (χ4v) is 2.89. The Labute approximate surface area is 123 Å². The van der Waals surface area contributed by atoms with E-state index in [1.54, 1.807) is 18.9 Å². The van der Waals surface area contributed by atoms with Crippen LogP contribution < -0.4 is 0 Å². The average molecular weight is 290 g/mol. The van der Waals surface area contributed by atoms with E-state index in [4.69, 9.17) is 0 Å². The Morgan fingerprint density at radius 2 is 1.60 bits per heavy atom. The van der Waals surface area contributed by atoms with Crippen molar-refractivity contribution in [3.05, 3.63) is 0 Å². The first kappa shape index (κ1) is 17.8. The lowest BCUT2D eigenvalue weighted by molar-refractivity contribution is -0.101. The third-order valence-corrected chi connectivity index (χ3v) is 5.02. The number of hydrogen-bond donors (Lipinski definition) is 0. The van der Waals surface area contributed by atoms with Crippen LogP contribution in [0.3, 0.4) is 0 Å². The quantitative estimate of drug-likeness (QED) is 0.735.